The number of aryl methyl sites for hydroxylation is 1. The molecule has 0 aliphatic heterocycles. The maximum absolute atomic E-state index is 13.5. The molecule has 4 rings (SSSR count). The Kier molecular flexibility index (Phi) is 7.48. The monoisotopic (exact) mass is 522 g/mol. The number of sulfonamides is 1. The smallest absolute Gasteiger partial charge is 0.280 e. The first-order valence-corrected chi connectivity index (χ1v) is 13.5. The van der Waals surface area contributed by atoms with Crippen molar-refractivity contribution in [3.8, 4) is 5.75 Å². The van der Waals surface area contributed by atoms with Gasteiger partial charge >= 0.3 is 0 Å². The molecule has 0 N–H and O–H groups in total. The summed E-state index contributed by atoms with van der Waals surface area (Å²) in [6.45, 7) is 4.48. The lowest BCUT2D eigenvalue weighted by molar-refractivity contribution is 0.0987. The van der Waals surface area contributed by atoms with Crippen LogP contribution in [0.15, 0.2) is 76.7 Å². The summed E-state index contributed by atoms with van der Waals surface area (Å²) in [5, 5.41) is 6.12. The van der Waals surface area contributed by atoms with Crippen molar-refractivity contribution in [3.63, 3.8) is 0 Å². The van der Waals surface area contributed by atoms with Crippen LogP contribution in [-0.2, 0) is 10.0 Å². The number of carbonyl (C=O) groups excluding carboxylic acids is 1. The van der Waals surface area contributed by atoms with Crippen LogP contribution in [0.2, 0.25) is 0 Å². The zero-order valence-electron chi connectivity index (χ0n) is 20.4. The first-order valence-electron chi connectivity index (χ1n) is 11.2. The Labute approximate surface area is 214 Å². The highest BCUT2D eigenvalue weighted by Gasteiger charge is 2.23. The molecule has 0 spiro atoms. The number of nitrogens with zero attached hydrogens (tertiary/aromatic N) is 4. The van der Waals surface area contributed by atoms with Gasteiger partial charge in [-0.15, -0.1) is 0 Å². The van der Waals surface area contributed by atoms with E-state index in [4.69, 9.17) is 4.74 Å². The van der Waals surface area contributed by atoms with Crippen molar-refractivity contribution in [1.82, 2.24) is 9.29 Å². The van der Waals surface area contributed by atoms with Crippen LogP contribution < -0.4 is 9.75 Å². The first kappa shape index (κ1) is 25.5. The standard InChI is InChI=1S/C26H26N4O4S2/c1-5-34-21-11-7-19(8-12-21)17-27-30(26-28-23-15-6-18(2)16-24(23)35-26)25(31)20-9-13-22(14-10-20)36(32,33)29(3)4/h6-17H,5H2,1-4H3/b27-17+. The number of ether oxygens (including phenoxy) is 1. The van der Waals surface area contributed by atoms with Gasteiger partial charge in [0.05, 0.1) is 27.9 Å². The van der Waals surface area contributed by atoms with Gasteiger partial charge in [-0.25, -0.2) is 17.7 Å². The van der Waals surface area contributed by atoms with Crippen molar-refractivity contribution in [2.24, 2.45) is 5.10 Å². The minimum atomic E-state index is -3.61. The number of hydrazone groups is 1. The molecule has 1 heterocycles. The summed E-state index contributed by atoms with van der Waals surface area (Å²) in [5.74, 6) is 0.318. The molecule has 3 aromatic carbocycles. The van der Waals surface area contributed by atoms with Gasteiger partial charge in [0, 0.05) is 19.7 Å². The van der Waals surface area contributed by atoms with Crippen LogP contribution in [0.5, 0.6) is 5.75 Å². The molecule has 0 saturated heterocycles. The maximum atomic E-state index is 13.5. The van der Waals surface area contributed by atoms with E-state index in [0.29, 0.717) is 11.7 Å². The number of aromatic nitrogens is 1. The van der Waals surface area contributed by atoms with Gasteiger partial charge in [0.1, 0.15) is 5.75 Å². The van der Waals surface area contributed by atoms with E-state index in [9.17, 15) is 13.2 Å². The van der Waals surface area contributed by atoms with E-state index >= 15 is 0 Å². The van der Waals surface area contributed by atoms with Crippen LogP contribution >= 0.6 is 11.3 Å². The highest BCUT2D eigenvalue weighted by molar-refractivity contribution is 7.89. The second-order valence-corrected chi connectivity index (χ2v) is 11.3. The molecule has 10 heteroatoms. The maximum Gasteiger partial charge on any atom is 0.280 e. The molecule has 0 radical (unpaired) electrons. The van der Waals surface area contributed by atoms with Crippen molar-refractivity contribution in [2.45, 2.75) is 18.7 Å². The molecule has 0 saturated carbocycles. The predicted octanol–water partition coefficient (Wildman–Crippen LogP) is 4.93. The van der Waals surface area contributed by atoms with Gasteiger partial charge in [-0.1, -0.05) is 17.4 Å². The number of anilines is 1. The van der Waals surface area contributed by atoms with E-state index in [1.54, 1.807) is 6.21 Å². The fraction of sp³-hybridized carbons (Fsp3) is 0.192. The minimum Gasteiger partial charge on any atom is -0.494 e. The zero-order valence-corrected chi connectivity index (χ0v) is 22.0. The molecular formula is C26H26N4O4S2. The summed E-state index contributed by atoms with van der Waals surface area (Å²) in [6, 6.07) is 19.0. The molecule has 8 nitrogen and oxygen atoms in total. The van der Waals surface area contributed by atoms with Crippen LogP contribution in [0.3, 0.4) is 0 Å². The van der Waals surface area contributed by atoms with Gasteiger partial charge in [-0.3, -0.25) is 4.79 Å². The molecule has 0 bridgehead atoms. The summed E-state index contributed by atoms with van der Waals surface area (Å²) < 4.78 is 32.4. The Bertz CT molecular complexity index is 1510. The Morgan fingerprint density at radius 3 is 2.39 bits per heavy atom. The van der Waals surface area contributed by atoms with Crippen LogP contribution in [0.25, 0.3) is 10.2 Å². The lowest BCUT2D eigenvalue weighted by Crippen LogP contribution is -2.26. The summed E-state index contributed by atoms with van der Waals surface area (Å²) in [4.78, 5) is 18.3. The summed E-state index contributed by atoms with van der Waals surface area (Å²) in [6.07, 6.45) is 1.58. The van der Waals surface area contributed by atoms with Crippen LogP contribution in [0.4, 0.5) is 5.13 Å². The van der Waals surface area contributed by atoms with E-state index in [1.807, 2.05) is 56.3 Å². The third kappa shape index (κ3) is 5.46. The third-order valence-corrected chi connectivity index (χ3v) is 8.12. The van der Waals surface area contributed by atoms with E-state index in [-0.39, 0.29) is 10.5 Å². The van der Waals surface area contributed by atoms with E-state index in [1.165, 1.54) is 54.7 Å². The van der Waals surface area contributed by atoms with Crippen LogP contribution in [0.1, 0.15) is 28.4 Å². The van der Waals surface area contributed by atoms with Crippen molar-refractivity contribution in [3.05, 3.63) is 83.4 Å². The number of thiazole rings is 1. The molecule has 1 amide bonds. The Hall–Kier alpha value is -3.60. The first-order chi connectivity index (χ1) is 17.2. The van der Waals surface area contributed by atoms with Crippen molar-refractivity contribution in [1.29, 1.82) is 0 Å². The van der Waals surface area contributed by atoms with Crippen molar-refractivity contribution >= 4 is 48.8 Å². The van der Waals surface area contributed by atoms with Crippen LogP contribution in [0, 0.1) is 6.92 Å². The van der Waals surface area contributed by atoms with Gasteiger partial charge in [0.2, 0.25) is 15.2 Å². The third-order valence-electron chi connectivity index (χ3n) is 5.30. The highest BCUT2D eigenvalue weighted by Crippen LogP contribution is 2.31. The zero-order chi connectivity index (χ0) is 25.9. The number of rotatable bonds is 8. The number of hydrogen-bond donors (Lipinski definition) is 0. The predicted molar refractivity (Wildman–Crippen MR) is 144 cm³/mol. The minimum absolute atomic E-state index is 0.101. The van der Waals surface area contributed by atoms with Gasteiger partial charge in [0.25, 0.3) is 5.91 Å². The molecule has 0 aliphatic rings. The number of carbonyl (C=O) groups is 1. The van der Waals surface area contributed by atoms with Gasteiger partial charge < -0.3 is 4.74 Å². The highest BCUT2D eigenvalue weighted by atomic mass is 32.2. The lowest BCUT2D eigenvalue weighted by atomic mass is 10.2. The van der Waals surface area contributed by atoms with Gasteiger partial charge in [-0.05, 0) is 85.6 Å². The molecule has 1 aromatic heterocycles. The average molecular weight is 523 g/mol. The van der Waals surface area contributed by atoms with E-state index < -0.39 is 15.9 Å². The average Bonchev–Trinajstić information content (AvgIpc) is 3.28. The molecular weight excluding hydrogens is 496 g/mol. The topological polar surface area (TPSA) is 92.2 Å². The van der Waals surface area contributed by atoms with Crippen LogP contribution in [-0.4, -0.2) is 50.5 Å². The largest absolute Gasteiger partial charge is 0.494 e. The second-order valence-electron chi connectivity index (χ2n) is 8.14. The SMILES string of the molecule is CCOc1ccc(/C=N/N(C(=O)c2ccc(S(=O)(=O)N(C)C)cc2)c2nc3ccc(C)cc3s2)cc1. The molecule has 0 aliphatic carbocycles. The Balaban J connectivity index is 1.70. The molecule has 0 atom stereocenters. The Morgan fingerprint density at radius 2 is 1.75 bits per heavy atom. The van der Waals surface area contributed by atoms with Gasteiger partial charge in [0.15, 0.2) is 0 Å². The number of hydrogen-bond acceptors (Lipinski definition) is 7. The molecule has 36 heavy (non-hydrogen) atoms. The number of fused-ring (bicyclic) bond motifs is 1. The summed E-state index contributed by atoms with van der Waals surface area (Å²) >= 11 is 1.36. The molecule has 186 valence electrons. The lowest BCUT2D eigenvalue weighted by Gasteiger charge is -2.15. The molecule has 4 aromatic rings. The normalized spacial score (nSPS) is 11.9. The number of benzene rings is 3. The quantitative estimate of drug-likeness (QED) is 0.242. The van der Waals surface area contributed by atoms with E-state index in [0.717, 1.165) is 31.4 Å². The van der Waals surface area contributed by atoms with Gasteiger partial charge in [-0.2, -0.15) is 10.1 Å². The Morgan fingerprint density at radius 1 is 1.06 bits per heavy atom. The molecule has 0 unspecified atom stereocenters. The second kappa shape index (κ2) is 10.6. The fourth-order valence-electron chi connectivity index (χ4n) is 3.34. The fourth-order valence-corrected chi connectivity index (χ4v) is 5.26. The van der Waals surface area contributed by atoms with E-state index in [2.05, 4.69) is 10.1 Å². The van der Waals surface area contributed by atoms with Crippen molar-refractivity contribution in [2.75, 3.05) is 25.7 Å². The number of amides is 1. The summed E-state index contributed by atoms with van der Waals surface area (Å²) in [7, 11) is -0.691. The molecule has 0 fully saturated rings. The summed E-state index contributed by atoms with van der Waals surface area (Å²) in [5.41, 5.74) is 2.92. The van der Waals surface area contributed by atoms with Crippen molar-refractivity contribution < 1.29 is 17.9 Å².